The third-order valence-corrected chi connectivity index (χ3v) is 6.89. The Morgan fingerprint density at radius 1 is 1.07 bits per heavy atom. The summed E-state index contributed by atoms with van der Waals surface area (Å²) in [4.78, 5) is 21.3. The number of nitrogens with zero attached hydrogens (tertiary/aromatic N) is 3. The van der Waals surface area contributed by atoms with Gasteiger partial charge in [-0.2, -0.15) is 0 Å². The third-order valence-electron chi connectivity index (χ3n) is 6.67. The van der Waals surface area contributed by atoms with Gasteiger partial charge in [0.05, 0.1) is 12.2 Å². The Morgan fingerprint density at radius 3 is 2.43 bits per heavy atom. The van der Waals surface area contributed by atoms with E-state index in [1.807, 2.05) is 17.9 Å². The summed E-state index contributed by atoms with van der Waals surface area (Å²) in [5.41, 5.74) is 2.27. The molecule has 0 N–H and O–H groups in total. The van der Waals surface area contributed by atoms with Gasteiger partial charge in [0, 0.05) is 31.4 Å². The van der Waals surface area contributed by atoms with Crippen LogP contribution < -0.4 is 4.74 Å². The molecule has 0 bridgehead atoms. The molecule has 160 valence electrons. The highest BCUT2D eigenvalue weighted by Gasteiger charge is 2.38. The van der Waals surface area contributed by atoms with Crippen molar-refractivity contribution in [1.82, 2.24) is 14.8 Å². The molecule has 2 saturated heterocycles. The molecule has 4 rings (SSSR count). The average Bonchev–Trinajstić information content (AvgIpc) is 2.78. The van der Waals surface area contributed by atoms with Crippen LogP contribution in [-0.2, 0) is 6.54 Å². The van der Waals surface area contributed by atoms with E-state index in [1.54, 1.807) is 18.3 Å². The van der Waals surface area contributed by atoms with E-state index in [2.05, 4.69) is 28.1 Å². The molecule has 2 aliphatic rings. The Morgan fingerprint density at radius 2 is 1.77 bits per heavy atom. The van der Waals surface area contributed by atoms with Crippen LogP contribution in [0, 0.1) is 5.41 Å². The number of rotatable bonds is 5. The van der Waals surface area contributed by atoms with Crippen molar-refractivity contribution in [3.8, 4) is 5.75 Å². The Bertz CT molecular complexity index is 853. The third kappa shape index (κ3) is 4.79. The highest BCUT2D eigenvalue weighted by Crippen LogP contribution is 2.42. The first kappa shape index (κ1) is 21.1. The minimum atomic E-state index is 0.0685. The summed E-state index contributed by atoms with van der Waals surface area (Å²) >= 11 is 5.84. The predicted molar refractivity (Wildman–Crippen MR) is 119 cm³/mol. The van der Waals surface area contributed by atoms with Crippen LogP contribution in [0.5, 0.6) is 5.75 Å². The summed E-state index contributed by atoms with van der Waals surface area (Å²) in [5, 5.41) is 0.416. The van der Waals surface area contributed by atoms with E-state index >= 15 is 0 Å². The van der Waals surface area contributed by atoms with Crippen molar-refractivity contribution in [2.45, 2.75) is 39.2 Å². The number of aromatic nitrogens is 1. The van der Waals surface area contributed by atoms with E-state index in [9.17, 15) is 4.79 Å². The first-order valence-electron chi connectivity index (χ1n) is 10.9. The second-order valence-corrected chi connectivity index (χ2v) is 8.87. The molecule has 6 heteroatoms. The normalized spacial score (nSPS) is 19.1. The lowest BCUT2D eigenvalue weighted by Crippen LogP contribution is -2.48. The van der Waals surface area contributed by atoms with Gasteiger partial charge in [-0.05, 0) is 69.3 Å². The fraction of sp³-hybridized carbons (Fsp3) is 0.500. The SMILES string of the molecule is CCOc1ccccc1CN1CCC2(CC1)CCN(C(=O)c1ccc(Cl)nc1)CC2. The lowest BCUT2D eigenvalue weighted by Gasteiger charge is -2.47. The molecule has 3 heterocycles. The fourth-order valence-corrected chi connectivity index (χ4v) is 4.84. The molecule has 2 fully saturated rings. The van der Waals surface area contributed by atoms with Gasteiger partial charge in [0.1, 0.15) is 10.9 Å². The molecule has 0 aliphatic carbocycles. The number of likely N-dealkylation sites (tertiary alicyclic amines) is 2. The molecular formula is C24H30ClN3O2. The molecule has 30 heavy (non-hydrogen) atoms. The standard InChI is InChI=1S/C24H30ClN3O2/c1-2-30-21-6-4-3-5-20(21)18-27-13-9-24(10-14-27)11-15-28(16-12-24)23(29)19-7-8-22(25)26-17-19/h3-8,17H,2,9-16,18H2,1H3. The zero-order chi connectivity index (χ0) is 21.0. The van der Waals surface area contributed by atoms with Crippen molar-refractivity contribution >= 4 is 17.5 Å². The maximum Gasteiger partial charge on any atom is 0.255 e. The molecule has 1 aromatic carbocycles. The topological polar surface area (TPSA) is 45.7 Å². The van der Waals surface area contributed by atoms with Crippen LogP contribution in [0.1, 0.15) is 48.5 Å². The molecule has 0 atom stereocenters. The number of hydrogen-bond donors (Lipinski definition) is 0. The van der Waals surface area contributed by atoms with Crippen LogP contribution in [0.25, 0.3) is 0 Å². The van der Waals surface area contributed by atoms with Crippen LogP contribution in [0.4, 0.5) is 0 Å². The molecule has 5 nitrogen and oxygen atoms in total. The van der Waals surface area contributed by atoms with Gasteiger partial charge in [0.15, 0.2) is 0 Å². The number of piperidine rings is 2. The van der Waals surface area contributed by atoms with Crippen molar-refractivity contribution in [3.05, 3.63) is 58.9 Å². The molecule has 0 saturated carbocycles. The van der Waals surface area contributed by atoms with Gasteiger partial charge in [0.25, 0.3) is 5.91 Å². The summed E-state index contributed by atoms with van der Waals surface area (Å²) in [6.45, 7) is 7.54. The highest BCUT2D eigenvalue weighted by atomic mass is 35.5. The van der Waals surface area contributed by atoms with Gasteiger partial charge >= 0.3 is 0 Å². The number of carbonyl (C=O) groups excluding carboxylic acids is 1. The number of amides is 1. The van der Waals surface area contributed by atoms with Crippen LogP contribution in [0.3, 0.4) is 0 Å². The van der Waals surface area contributed by atoms with E-state index in [0.29, 0.717) is 22.7 Å². The minimum absolute atomic E-state index is 0.0685. The number of ether oxygens (including phenoxy) is 1. The van der Waals surface area contributed by atoms with Crippen molar-refractivity contribution in [2.75, 3.05) is 32.8 Å². The van der Waals surface area contributed by atoms with Gasteiger partial charge in [0.2, 0.25) is 0 Å². The lowest BCUT2D eigenvalue weighted by atomic mass is 9.71. The minimum Gasteiger partial charge on any atom is -0.494 e. The predicted octanol–water partition coefficient (Wildman–Crippen LogP) is 4.65. The number of halogens is 1. The molecular weight excluding hydrogens is 398 g/mol. The first-order valence-corrected chi connectivity index (χ1v) is 11.3. The number of pyridine rings is 1. The molecule has 1 spiro atoms. The lowest BCUT2D eigenvalue weighted by molar-refractivity contribution is 0.0283. The highest BCUT2D eigenvalue weighted by molar-refractivity contribution is 6.29. The number of para-hydroxylation sites is 1. The first-order chi connectivity index (χ1) is 14.6. The maximum absolute atomic E-state index is 12.7. The number of hydrogen-bond acceptors (Lipinski definition) is 4. The average molecular weight is 428 g/mol. The Hall–Kier alpha value is -2.11. The van der Waals surface area contributed by atoms with E-state index in [-0.39, 0.29) is 5.91 Å². The number of carbonyl (C=O) groups is 1. The van der Waals surface area contributed by atoms with Crippen molar-refractivity contribution in [3.63, 3.8) is 0 Å². The smallest absolute Gasteiger partial charge is 0.255 e. The summed E-state index contributed by atoms with van der Waals surface area (Å²) in [6, 6.07) is 11.8. The van der Waals surface area contributed by atoms with E-state index < -0.39 is 0 Å². The Balaban J connectivity index is 1.29. The fourth-order valence-electron chi connectivity index (χ4n) is 4.73. The maximum atomic E-state index is 12.7. The monoisotopic (exact) mass is 427 g/mol. The second-order valence-electron chi connectivity index (χ2n) is 8.48. The van der Waals surface area contributed by atoms with Crippen LogP contribution in [0.2, 0.25) is 5.15 Å². The largest absolute Gasteiger partial charge is 0.494 e. The van der Waals surface area contributed by atoms with E-state index in [0.717, 1.165) is 51.3 Å². The molecule has 0 radical (unpaired) electrons. The van der Waals surface area contributed by atoms with Crippen molar-refractivity contribution in [1.29, 1.82) is 0 Å². The molecule has 1 aromatic heterocycles. The van der Waals surface area contributed by atoms with Gasteiger partial charge in [-0.3, -0.25) is 9.69 Å². The molecule has 1 amide bonds. The summed E-state index contributed by atoms with van der Waals surface area (Å²) in [6.07, 6.45) is 6.16. The van der Waals surface area contributed by atoms with Crippen LogP contribution >= 0.6 is 11.6 Å². The second kappa shape index (κ2) is 9.36. The number of benzene rings is 1. The molecule has 0 unspecified atom stereocenters. The van der Waals surface area contributed by atoms with E-state index in [4.69, 9.17) is 16.3 Å². The van der Waals surface area contributed by atoms with Gasteiger partial charge < -0.3 is 9.64 Å². The zero-order valence-electron chi connectivity index (χ0n) is 17.6. The summed E-state index contributed by atoms with van der Waals surface area (Å²) in [7, 11) is 0. The zero-order valence-corrected chi connectivity index (χ0v) is 18.4. The Labute approximate surface area is 184 Å². The van der Waals surface area contributed by atoms with Gasteiger partial charge in [-0.1, -0.05) is 29.8 Å². The van der Waals surface area contributed by atoms with Crippen LogP contribution in [-0.4, -0.2) is 53.5 Å². The van der Waals surface area contributed by atoms with Crippen LogP contribution in [0.15, 0.2) is 42.6 Å². The van der Waals surface area contributed by atoms with Gasteiger partial charge in [-0.25, -0.2) is 4.98 Å². The van der Waals surface area contributed by atoms with Crippen molar-refractivity contribution in [2.24, 2.45) is 5.41 Å². The van der Waals surface area contributed by atoms with Gasteiger partial charge in [-0.15, -0.1) is 0 Å². The van der Waals surface area contributed by atoms with E-state index in [1.165, 1.54) is 18.4 Å². The summed E-state index contributed by atoms with van der Waals surface area (Å²) in [5.74, 6) is 1.07. The summed E-state index contributed by atoms with van der Waals surface area (Å²) < 4.78 is 5.79. The Kier molecular flexibility index (Phi) is 6.59. The molecule has 2 aliphatic heterocycles. The molecule has 2 aromatic rings. The van der Waals surface area contributed by atoms with Crippen molar-refractivity contribution < 1.29 is 9.53 Å². The quantitative estimate of drug-likeness (QED) is 0.651.